The Morgan fingerprint density at radius 1 is 1.15 bits per heavy atom. The van der Waals surface area contributed by atoms with E-state index in [-0.39, 0.29) is 10.7 Å². The van der Waals surface area contributed by atoms with Gasteiger partial charge in [-0.15, -0.1) is 0 Å². The molecule has 0 fully saturated rings. The van der Waals surface area contributed by atoms with E-state index in [1.54, 1.807) is 54.1 Å². The van der Waals surface area contributed by atoms with Crippen LogP contribution in [0.15, 0.2) is 59.5 Å². The van der Waals surface area contributed by atoms with E-state index in [9.17, 15) is 13.2 Å². The van der Waals surface area contributed by atoms with Crippen LogP contribution < -0.4 is 5.14 Å². The molecule has 0 saturated heterocycles. The molecule has 0 amide bonds. The van der Waals surface area contributed by atoms with Crippen LogP contribution in [0.25, 0.3) is 16.9 Å². The van der Waals surface area contributed by atoms with Gasteiger partial charge < -0.3 is 0 Å². The van der Waals surface area contributed by atoms with E-state index < -0.39 is 10.0 Å². The molecule has 6 nitrogen and oxygen atoms in total. The van der Waals surface area contributed by atoms with Gasteiger partial charge in [-0.1, -0.05) is 36.7 Å². The number of primary sulfonamides is 1. The first-order valence-electron chi connectivity index (χ1n) is 7.82. The molecule has 0 spiro atoms. The normalized spacial score (nSPS) is 11.5. The molecule has 0 unspecified atom stereocenters. The lowest BCUT2D eigenvalue weighted by atomic mass is 10.1. The number of carbonyl (C=O) groups excluding carboxylic acids is 1. The topological polar surface area (TPSA) is 95.1 Å². The SMILES string of the molecule is CCC(=O)c1cc(-c2ccc(S(N)(=O)=O)cc2)nn1-c1cccc(Cl)c1. The number of ketones is 1. The Morgan fingerprint density at radius 3 is 2.42 bits per heavy atom. The van der Waals surface area contributed by atoms with Crippen LogP contribution in [0.2, 0.25) is 5.02 Å². The Kier molecular flexibility index (Phi) is 4.95. The van der Waals surface area contributed by atoms with Gasteiger partial charge in [0.1, 0.15) is 5.69 Å². The summed E-state index contributed by atoms with van der Waals surface area (Å²) in [6.07, 6.45) is 0.329. The fourth-order valence-corrected chi connectivity index (χ4v) is 3.22. The Labute approximate surface area is 156 Å². The van der Waals surface area contributed by atoms with E-state index in [0.29, 0.717) is 34.1 Å². The molecule has 2 N–H and O–H groups in total. The molecule has 0 atom stereocenters. The van der Waals surface area contributed by atoms with Gasteiger partial charge in [0.2, 0.25) is 10.0 Å². The number of Topliss-reactive ketones (excluding diaryl/α,β-unsaturated/α-hetero) is 1. The molecular weight excluding hydrogens is 374 g/mol. The van der Waals surface area contributed by atoms with Crippen LogP contribution >= 0.6 is 11.6 Å². The molecule has 0 bridgehead atoms. The minimum Gasteiger partial charge on any atom is -0.292 e. The lowest BCUT2D eigenvalue weighted by Crippen LogP contribution is -2.11. The fraction of sp³-hybridized carbons (Fsp3) is 0.111. The maximum Gasteiger partial charge on any atom is 0.238 e. The van der Waals surface area contributed by atoms with Gasteiger partial charge >= 0.3 is 0 Å². The van der Waals surface area contributed by atoms with Crippen molar-refractivity contribution in [2.24, 2.45) is 5.14 Å². The van der Waals surface area contributed by atoms with Gasteiger partial charge in [0.25, 0.3) is 0 Å². The highest BCUT2D eigenvalue weighted by atomic mass is 35.5. The predicted molar refractivity (Wildman–Crippen MR) is 100 cm³/mol. The van der Waals surface area contributed by atoms with Crippen molar-refractivity contribution in [3.8, 4) is 16.9 Å². The molecule has 134 valence electrons. The van der Waals surface area contributed by atoms with Crippen LogP contribution in [0.3, 0.4) is 0 Å². The molecule has 26 heavy (non-hydrogen) atoms. The number of nitrogens with two attached hydrogens (primary N) is 1. The second-order valence-corrected chi connectivity index (χ2v) is 7.65. The maximum absolute atomic E-state index is 12.3. The number of aromatic nitrogens is 2. The average Bonchev–Trinajstić information content (AvgIpc) is 3.06. The van der Waals surface area contributed by atoms with Crippen LogP contribution in [-0.4, -0.2) is 24.0 Å². The quantitative estimate of drug-likeness (QED) is 0.676. The number of hydrogen-bond donors (Lipinski definition) is 1. The van der Waals surface area contributed by atoms with Crippen LogP contribution in [-0.2, 0) is 10.0 Å². The van der Waals surface area contributed by atoms with Crippen LogP contribution in [0.5, 0.6) is 0 Å². The zero-order valence-electron chi connectivity index (χ0n) is 13.9. The molecule has 0 aliphatic rings. The number of sulfonamides is 1. The van der Waals surface area contributed by atoms with Crippen LogP contribution in [0, 0.1) is 0 Å². The smallest absolute Gasteiger partial charge is 0.238 e. The van der Waals surface area contributed by atoms with Gasteiger partial charge in [0.15, 0.2) is 5.78 Å². The van der Waals surface area contributed by atoms with E-state index in [4.69, 9.17) is 16.7 Å². The Bertz CT molecular complexity index is 1070. The summed E-state index contributed by atoms with van der Waals surface area (Å²) in [6.45, 7) is 1.78. The second-order valence-electron chi connectivity index (χ2n) is 5.65. The van der Waals surface area contributed by atoms with E-state index in [2.05, 4.69) is 5.10 Å². The van der Waals surface area contributed by atoms with Crippen molar-refractivity contribution >= 4 is 27.4 Å². The first-order valence-corrected chi connectivity index (χ1v) is 9.74. The number of rotatable bonds is 5. The molecule has 0 radical (unpaired) electrons. The Morgan fingerprint density at radius 2 is 1.85 bits per heavy atom. The van der Waals surface area contributed by atoms with Crippen molar-refractivity contribution in [1.82, 2.24) is 9.78 Å². The molecule has 3 rings (SSSR count). The number of nitrogens with zero attached hydrogens (tertiary/aromatic N) is 2. The van der Waals surface area contributed by atoms with Crippen LogP contribution in [0.4, 0.5) is 0 Å². The minimum absolute atomic E-state index is 0.0142. The van der Waals surface area contributed by atoms with Crippen molar-refractivity contribution in [1.29, 1.82) is 0 Å². The summed E-state index contributed by atoms with van der Waals surface area (Å²) >= 11 is 6.05. The summed E-state index contributed by atoms with van der Waals surface area (Å²) in [5, 5.41) is 10.2. The largest absolute Gasteiger partial charge is 0.292 e. The summed E-state index contributed by atoms with van der Waals surface area (Å²) in [7, 11) is -3.76. The zero-order chi connectivity index (χ0) is 18.9. The first-order chi connectivity index (χ1) is 12.3. The van der Waals surface area contributed by atoms with Gasteiger partial charge in [-0.2, -0.15) is 5.10 Å². The molecule has 3 aromatic rings. The summed E-state index contributed by atoms with van der Waals surface area (Å²) < 4.78 is 24.3. The zero-order valence-corrected chi connectivity index (χ0v) is 15.5. The molecule has 1 heterocycles. The van der Waals surface area contributed by atoms with Crippen molar-refractivity contribution in [3.63, 3.8) is 0 Å². The third kappa shape index (κ3) is 3.70. The summed E-state index contributed by atoms with van der Waals surface area (Å²) in [4.78, 5) is 12.3. The number of halogens is 1. The van der Waals surface area contributed by atoms with E-state index >= 15 is 0 Å². The van der Waals surface area contributed by atoms with Gasteiger partial charge in [0.05, 0.1) is 16.3 Å². The second kappa shape index (κ2) is 7.03. The third-order valence-corrected chi connectivity index (χ3v) is 5.01. The molecule has 1 aromatic heterocycles. The number of benzene rings is 2. The van der Waals surface area contributed by atoms with E-state index in [0.717, 1.165) is 0 Å². The highest BCUT2D eigenvalue weighted by Crippen LogP contribution is 2.25. The van der Waals surface area contributed by atoms with E-state index in [1.165, 1.54) is 12.1 Å². The molecule has 0 aliphatic heterocycles. The predicted octanol–water partition coefficient (Wildman–Crippen LogP) is 3.43. The summed E-state index contributed by atoms with van der Waals surface area (Å²) in [6, 6.07) is 14.7. The highest BCUT2D eigenvalue weighted by Gasteiger charge is 2.17. The molecule has 2 aromatic carbocycles. The lowest BCUT2D eigenvalue weighted by molar-refractivity contribution is 0.0980. The van der Waals surface area contributed by atoms with E-state index in [1.807, 2.05) is 0 Å². The molecular formula is C18H16ClN3O3S. The van der Waals surface area contributed by atoms with Crippen molar-refractivity contribution < 1.29 is 13.2 Å². The standard InChI is InChI=1S/C18H16ClN3O3S/c1-2-18(23)17-11-16(12-6-8-15(9-7-12)26(20,24)25)21-22(17)14-5-3-4-13(19)10-14/h3-11H,2H2,1H3,(H2,20,24,25). The Hall–Kier alpha value is -2.48. The monoisotopic (exact) mass is 389 g/mol. The number of hydrogen-bond acceptors (Lipinski definition) is 4. The van der Waals surface area contributed by atoms with Gasteiger partial charge in [-0.05, 0) is 36.4 Å². The molecule has 0 aliphatic carbocycles. The summed E-state index contributed by atoms with van der Waals surface area (Å²) in [5.74, 6) is -0.0649. The molecule has 8 heteroatoms. The fourth-order valence-electron chi connectivity index (χ4n) is 2.52. The van der Waals surface area contributed by atoms with Crippen molar-refractivity contribution in [2.75, 3.05) is 0 Å². The number of carbonyl (C=O) groups is 1. The first kappa shape index (κ1) is 18.3. The van der Waals surface area contributed by atoms with Crippen LogP contribution in [0.1, 0.15) is 23.8 Å². The maximum atomic E-state index is 12.3. The van der Waals surface area contributed by atoms with Gasteiger partial charge in [-0.3, -0.25) is 4.79 Å². The third-order valence-electron chi connectivity index (χ3n) is 3.85. The van der Waals surface area contributed by atoms with Gasteiger partial charge in [-0.25, -0.2) is 18.2 Å². The average molecular weight is 390 g/mol. The minimum atomic E-state index is -3.76. The van der Waals surface area contributed by atoms with Gasteiger partial charge in [0, 0.05) is 17.0 Å². The van der Waals surface area contributed by atoms with Crippen molar-refractivity contribution in [3.05, 3.63) is 65.3 Å². The summed E-state index contributed by atoms with van der Waals surface area (Å²) in [5.41, 5.74) is 2.31. The molecule has 0 saturated carbocycles. The van der Waals surface area contributed by atoms with Crippen molar-refractivity contribution in [2.45, 2.75) is 18.2 Å². The lowest BCUT2D eigenvalue weighted by Gasteiger charge is -2.06. The highest BCUT2D eigenvalue weighted by molar-refractivity contribution is 7.89. The Balaban J connectivity index is 2.11.